The minimum absolute atomic E-state index is 0.821. The number of hydrogen-bond acceptors (Lipinski definition) is 2. The van der Waals surface area contributed by atoms with Crippen molar-refractivity contribution in [3.63, 3.8) is 0 Å². The first-order valence-corrected chi connectivity index (χ1v) is 7.67. The van der Waals surface area contributed by atoms with Gasteiger partial charge in [-0.3, -0.25) is 0 Å². The Labute approximate surface area is 107 Å². The molecule has 100 valence electrons. The second kappa shape index (κ2) is 6.19. The van der Waals surface area contributed by atoms with Crippen LogP contribution in [0.15, 0.2) is 0 Å². The fourth-order valence-electron chi connectivity index (χ4n) is 3.49. The highest BCUT2D eigenvalue weighted by atomic mass is 15.2. The highest BCUT2D eigenvalue weighted by Crippen LogP contribution is 2.27. The lowest BCUT2D eigenvalue weighted by Crippen LogP contribution is -2.46. The van der Waals surface area contributed by atoms with E-state index >= 15 is 0 Å². The zero-order chi connectivity index (χ0) is 12.3. The Morgan fingerprint density at radius 1 is 1.00 bits per heavy atom. The third-order valence-corrected chi connectivity index (χ3v) is 5.16. The summed E-state index contributed by atoms with van der Waals surface area (Å²) in [6, 6.07) is 0.821. The summed E-state index contributed by atoms with van der Waals surface area (Å²) in [6.45, 7) is 13.8. The van der Waals surface area contributed by atoms with Crippen LogP contribution in [-0.2, 0) is 0 Å². The lowest BCUT2D eigenvalue weighted by Gasteiger charge is -2.42. The van der Waals surface area contributed by atoms with Gasteiger partial charge in [-0.15, -0.1) is 0 Å². The maximum absolute atomic E-state index is 2.76. The predicted molar refractivity (Wildman–Crippen MR) is 74.3 cm³/mol. The molecule has 2 heteroatoms. The van der Waals surface area contributed by atoms with Crippen LogP contribution >= 0.6 is 0 Å². The largest absolute Gasteiger partial charge is 0.304 e. The van der Waals surface area contributed by atoms with Crippen LogP contribution in [0.3, 0.4) is 0 Å². The van der Waals surface area contributed by atoms with E-state index in [1.807, 2.05) is 0 Å². The maximum Gasteiger partial charge on any atom is 0.00961 e. The van der Waals surface area contributed by atoms with Gasteiger partial charge in [-0.1, -0.05) is 13.8 Å². The van der Waals surface area contributed by atoms with Crippen molar-refractivity contribution in [1.82, 2.24) is 9.80 Å². The number of rotatable bonds is 3. The third kappa shape index (κ3) is 3.45. The molecule has 0 radical (unpaired) electrons. The number of likely N-dealkylation sites (tertiary alicyclic amines) is 2. The molecule has 2 heterocycles. The number of piperidine rings is 2. The molecule has 0 unspecified atom stereocenters. The van der Waals surface area contributed by atoms with E-state index in [2.05, 4.69) is 30.6 Å². The van der Waals surface area contributed by atoms with Crippen molar-refractivity contribution in [1.29, 1.82) is 0 Å². The van der Waals surface area contributed by atoms with Gasteiger partial charge in [0.2, 0.25) is 0 Å². The van der Waals surface area contributed by atoms with Crippen LogP contribution in [0.2, 0.25) is 0 Å². The van der Waals surface area contributed by atoms with Crippen LogP contribution in [0, 0.1) is 11.8 Å². The molecular formula is C15H30N2. The van der Waals surface area contributed by atoms with Crippen LogP contribution < -0.4 is 0 Å². The first kappa shape index (κ1) is 13.4. The van der Waals surface area contributed by atoms with Crippen molar-refractivity contribution in [2.24, 2.45) is 11.8 Å². The van der Waals surface area contributed by atoms with Gasteiger partial charge < -0.3 is 9.80 Å². The second-order valence-electron chi connectivity index (χ2n) is 6.23. The van der Waals surface area contributed by atoms with Crippen LogP contribution in [0.1, 0.15) is 46.5 Å². The van der Waals surface area contributed by atoms with Gasteiger partial charge in [-0.05, 0) is 77.2 Å². The molecule has 0 amide bonds. The SMILES string of the molecule is CCN1CCC([C@@H](C)N2CCC(C)CC2)CC1. The van der Waals surface area contributed by atoms with E-state index in [-0.39, 0.29) is 0 Å². The van der Waals surface area contributed by atoms with Crippen LogP contribution in [0.5, 0.6) is 0 Å². The molecule has 0 bridgehead atoms. The van der Waals surface area contributed by atoms with Gasteiger partial charge >= 0.3 is 0 Å². The van der Waals surface area contributed by atoms with Crippen molar-refractivity contribution in [2.75, 3.05) is 32.7 Å². The number of hydrogen-bond donors (Lipinski definition) is 0. The first-order chi connectivity index (χ1) is 8.20. The standard InChI is InChI=1S/C15H30N2/c1-4-16-9-7-15(8-10-16)14(3)17-11-5-13(2)6-12-17/h13-15H,4-12H2,1-3H3/t14-/m1/s1. The Hall–Kier alpha value is -0.0800. The van der Waals surface area contributed by atoms with E-state index < -0.39 is 0 Å². The summed E-state index contributed by atoms with van der Waals surface area (Å²) in [7, 11) is 0. The lowest BCUT2D eigenvalue weighted by molar-refractivity contribution is 0.0737. The summed E-state index contributed by atoms with van der Waals surface area (Å²) in [5.41, 5.74) is 0. The van der Waals surface area contributed by atoms with Crippen molar-refractivity contribution in [3.8, 4) is 0 Å². The molecule has 0 aromatic rings. The fourth-order valence-corrected chi connectivity index (χ4v) is 3.49. The maximum atomic E-state index is 2.76. The van der Waals surface area contributed by atoms with Gasteiger partial charge in [-0.25, -0.2) is 0 Å². The molecule has 0 aromatic carbocycles. The van der Waals surface area contributed by atoms with E-state index in [0.29, 0.717) is 0 Å². The molecule has 2 nitrogen and oxygen atoms in total. The number of nitrogens with zero attached hydrogens (tertiary/aromatic N) is 2. The highest BCUT2D eigenvalue weighted by Gasteiger charge is 2.28. The van der Waals surface area contributed by atoms with Crippen molar-refractivity contribution >= 4 is 0 Å². The Bertz CT molecular complexity index is 213. The molecule has 2 saturated heterocycles. The minimum Gasteiger partial charge on any atom is -0.304 e. The van der Waals surface area contributed by atoms with Gasteiger partial charge in [0.1, 0.15) is 0 Å². The first-order valence-electron chi connectivity index (χ1n) is 7.67. The van der Waals surface area contributed by atoms with Crippen molar-refractivity contribution in [2.45, 2.75) is 52.5 Å². The predicted octanol–water partition coefficient (Wildman–Crippen LogP) is 2.84. The van der Waals surface area contributed by atoms with Crippen molar-refractivity contribution in [3.05, 3.63) is 0 Å². The molecule has 0 aromatic heterocycles. The van der Waals surface area contributed by atoms with Crippen LogP contribution in [-0.4, -0.2) is 48.6 Å². The second-order valence-corrected chi connectivity index (χ2v) is 6.23. The molecule has 0 aliphatic carbocycles. The molecule has 17 heavy (non-hydrogen) atoms. The molecule has 0 N–H and O–H groups in total. The summed E-state index contributed by atoms with van der Waals surface area (Å²) in [5, 5.41) is 0. The van der Waals surface area contributed by atoms with Gasteiger partial charge in [0, 0.05) is 6.04 Å². The Morgan fingerprint density at radius 2 is 1.59 bits per heavy atom. The van der Waals surface area contributed by atoms with E-state index in [4.69, 9.17) is 0 Å². The van der Waals surface area contributed by atoms with E-state index in [9.17, 15) is 0 Å². The lowest BCUT2D eigenvalue weighted by atomic mass is 9.87. The van der Waals surface area contributed by atoms with Crippen LogP contribution in [0.25, 0.3) is 0 Å². The molecule has 2 fully saturated rings. The van der Waals surface area contributed by atoms with Crippen molar-refractivity contribution < 1.29 is 0 Å². The summed E-state index contributed by atoms with van der Waals surface area (Å²) >= 11 is 0. The fraction of sp³-hybridized carbons (Fsp3) is 1.00. The average molecular weight is 238 g/mol. The van der Waals surface area contributed by atoms with E-state index in [1.165, 1.54) is 58.4 Å². The molecule has 2 aliphatic rings. The summed E-state index contributed by atoms with van der Waals surface area (Å²) in [6.07, 6.45) is 5.67. The summed E-state index contributed by atoms with van der Waals surface area (Å²) in [4.78, 5) is 5.35. The third-order valence-electron chi connectivity index (χ3n) is 5.16. The van der Waals surface area contributed by atoms with E-state index in [1.54, 1.807) is 0 Å². The quantitative estimate of drug-likeness (QED) is 0.746. The average Bonchev–Trinajstić information content (AvgIpc) is 2.39. The summed E-state index contributed by atoms with van der Waals surface area (Å²) < 4.78 is 0. The van der Waals surface area contributed by atoms with Gasteiger partial charge in [0.05, 0.1) is 0 Å². The zero-order valence-corrected chi connectivity index (χ0v) is 12.0. The topological polar surface area (TPSA) is 6.48 Å². The molecule has 2 aliphatic heterocycles. The van der Waals surface area contributed by atoms with Gasteiger partial charge in [0.15, 0.2) is 0 Å². The van der Waals surface area contributed by atoms with Gasteiger partial charge in [-0.2, -0.15) is 0 Å². The highest BCUT2D eigenvalue weighted by molar-refractivity contribution is 4.83. The zero-order valence-electron chi connectivity index (χ0n) is 12.0. The Morgan fingerprint density at radius 3 is 2.12 bits per heavy atom. The monoisotopic (exact) mass is 238 g/mol. The molecule has 1 atom stereocenters. The smallest absolute Gasteiger partial charge is 0.00961 e. The Balaban J connectivity index is 1.78. The van der Waals surface area contributed by atoms with Gasteiger partial charge in [0.25, 0.3) is 0 Å². The Kier molecular flexibility index (Phi) is 4.87. The van der Waals surface area contributed by atoms with Crippen LogP contribution in [0.4, 0.5) is 0 Å². The molecule has 0 saturated carbocycles. The summed E-state index contributed by atoms with van der Waals surface area (Å²) in [5.74, 6) is 1.91. The van der Waals surface area contributed by atoms with E-state index in [0.717, 1.165) is 17.9 Å². The molecule has 0 spiro atoms. The normalized spacial score (nSPS) is 28.4. The molecule has 2 rings (SSSR count). The minimum atomic E-state index is 0.821. The molecular weight excluding hydrogens is 208 g/mol.